The molecule has 18 heavy (non-hydrogen) atoms. The smallest absolute Gasteiger partial charge is 0.207 e. The topological polar surface area (TPSA) is 34.1 Å². The molecule has 0 bridgehead atoms. The molecule has 0 aromatic heterocycles. The first-order valence-corrected chi connectivity index (χ1v) is 6.32. The van der Waals surface area contributed by atoms with Crippen molar-refractivity contribution in [2.75, 3.05) is 0 Å². The van der Waals surface area contributed by atoms with Crippen LogP contribution >= 0.6 is 11.8 Å². The third kappa shape index (κ3) is 2.91. The summed E-state index contributed by atoms with van der Waals surface area (Å²) in [6.45, 7) is 0. The normalized spacial score (nSPS) is 13.7. The zero-order valence-electron chi connectivity index (χ0n) is 8.21. The van der Waals surface area contributed by atoms with Gasteiger partial charge >= 0.3 is 20.7 Å². The largest absolute Gasteiger partial charge is 0.446 e. The Morgan fingerprint density at radius 2 is 1.44 bits per heavy atom. The quantitative estimate of drug-likeness (QED) is 0.485. The molecule has 0 radical (unpaired) electrons. The Morgan fingerprint density at radius 1 is 1.00 bits per heavy atom. The standard InChI is InChI=1S/C8H4F6O2S2/c9-5-1-3-6(4-2-5)17-7(10,11)8(12,13)18(14,15)16/h1-4H. The van der Waals surface area contributed by atoms with Gasteiger partial charge in [0.25, 0.3) is 0 Å². The van der Waals surface area contributed by atoms with Gasteiger partial charge in [-0.25, -0.2) is 4.39 Å². The van der Waals surface area contributed by atoms with Crippen LogP contribution in [-0.4, -0.2) is 18.9 Å². The van der Waals surface area contributed by atoms with E-state index in [9.17, 15) is 34.3 Å². The first-order valence-electron chi connectivity index (χ1n) is 4.12. The molecule has 102 valence electrons. The second-order valence-electron chi connectivity index (χ2n) is 3.03. The van der Waals surface area contributed by atoms with Crippen molar-refractivity contribution in [1.29, 1.82) is 0 Å². The molecule has 0 spiro atoms. The van der Waals surface area contributed by atoms with E-state index in [1.54, 1.807) is 0 Å². The lowest BCUT2D eigenvalue weighted by Crippen LogP contribution is -2.42. The fraction of sp³-hybridized carbons (Fsp3) is 0.250. The molecule has 1 rings (SSSR count). The van der Waals surface area contributed by atoms with E-state index in [0.717, 1.165) is 12.1 Å². The monoisotopic (exact) mass is 310 g/mol. The molecule has 0 N–H and O–H groups in total. The van der Waals surface area contributed by atoms with E-state index >= 15 is 0 Å². The van der Waals surface area contributed by atoms with Crippen molar-refractivity contribution < 1.29 is 34.3 Å². The van der Waals surface area contributed by atoms with E-state index in [1.165, 1.54) is 0 Å². The number of hydrogen-bond acceptors (Lipinski definition) is 3. The van der Waals surface area contributed by atoms with Gasteiger partial charge in [-0.3, -0.25) is 0 Å². The number of hydrogen-bond donors (Lipinski definition) is 0. The fourth-order valence-corrected chi connectivity index (χ4v) is 2.25. The van der Waals surface area contributed by atoms with Crippen LogP contribution in [0.1, 0.15) is 0 Å². The van der Waals surface area contributed by atoms with Crippen molar-refractivity contribution in [3.63, 3.8) is 0 Å². The molecule has 1 aromatic carbocycles. The lowest BCUT2D eigenvalue weighted by atomic mass is 10.4. The van der Waals surface area contributed by atoms with Gasteiger partial charge in [0.15, 0.2) is 0 Å². The highest BCUT2D eigenvalue weighted by atomic mass is 32.3. The molecule has 0 amide bonds. The van der Waals surface area contributed by atoms with Gasteiger partial charge in [-0.15, -0.1) is 0 Å². The van der Waals surface area contributed by atoms with E-state index in [2.05, 4.69) is 0 Å². The maximum Gasteiger partial charge on any atom is 0.446 e. The highest BCUT2D eigenvalue weighted by Crippen LogP contribution is 2.49. The Hall–Kier alpha value is -0.900. The van der Waals surface area contributed by atoms with Crippen LogP contribution in [0.15, 0.2) is 29.2 Å². The number of alkyl halides is 4. The molecule has 0 aliphatic rings. The van der Waals surface area contributed by atoms with Crippen molar-refractivity contribution in [2.24, 2.45) is 0 Å². The third-order valence-electron chi connectivity index (χ3n) is 1.70. The Labute approximate surface area is 102 Å². The molecule has 1 aromatic rings. The molecule has 0 saturated heterocycles. The molecular weight excluding hydrogens is 306 g/mol. The van der Waals surface area contributed by atoms with Crippen molar-refractivity contribution in [2.45, 2.75) is 15.4 Å². The summed E-state index contributed by atoms with van der Waals surface area (Å²) < 4.78 is 95.8. The number of thioether (sulfide) groups is 1. The van der Waals surface area contributed by atoms with Crippen LogP contribution in [0.5, 0.6) is 0 Å². The van der Waals surface area contributed by atoms with Crippen molar-refractivity contribution >= 4 is 22.0 Å². The van der Waals surface area contributed by atoms with Gasteiger partial charge in [0.1, 0.15) is 5.82 Å². The molecule has 10 heteroatoms. The minimum absolute atomic E-state index is 0.537. The van der Waals surface area contributed by atoms with E-state index < -0.39 is 43.2 Å². The molecule has 0 unspecified atom stereocenters. The average Bonchev–Trinajstić information content (AvgIpc) is 2.19. The highest BCUT2D eigenvalue weighted by Gasteiger charge is 2.67. The number of rotatable bonds is 4. The summed E-state index contributed by atoms with van der Waals surface area (Å²) in [4.78, 5) is -0.537. The number of benzene rings is 1. The summed E-state index contributed by atoms with van der Waals surface area (Å²) in [5.41, 5.74) is 0. The molecule has 0 atom stereocenters. The van der Waals surface area contributed by atoms with E-state index in [0.29, 0.717) is 12.1 Å². The predicted molar refractivity (Wildman–Crippen MR) is 52.2 cm³/mol. The van der Waals surface area contributed by atoms with E-state index in [4.69, 9.17) is 0 Å². The van der Waals surface area contributed by atoms with Gasteiger partial charge in [0.05, 0.1) is 0 Å². The van der Waals surface area contributed by atoms with Crippen LogP contribution in [0.4, 0.5) is 25.8 Å². The molecule has 0 fully saturated rings. The second kappa shape index (κ2) is 4.65. The van der Waals surface area contributed by atoms with Gasteiger partial charge < -0.3 is 0 Å². The Balaban J connectivity index is 3.05. The number of halogens is 6. The van der Waals surface area contributed by atoms with Crippen LogP contribution < -0.4 is 0 Å². The first-order chi connectivity index (χ1) is 7.97. The minimum Gasteiger partial charge on any atom is -0.207 e. The zero-order valence-corrected chi connectivity index (χ0v) is 9.84. The lowest BCUT2D eigenvalue weighted by molar-refractivity contribution is -0.0927. The molecule has 0 saturated carbocycles. The second-order valence-corrected chi connectivity index (χ2v) is 5.60. The Bertz CT molecular complexity index is 525. The maximum absolute atomic E-state index is 13.0. The Kier molecular flexibility index (Phi) is 3.92. The van der Waals surface area contributed by atoms with Crippen molar-refractivity contribution in [1.82, 2.24) is 0 Å². The first kappa shape index (κ1) is 15.2. The van der Waals surface area contributed by atoms with Gasteiger partial charge in [-0.2, -0.15) is 26.0 Å². The summed E-state index contributed by atoms with van der Waals surface area (Å²) >= 11 is -0.881. The van der Waals surface area contributed by atoms with Crippen LogP contribution in [0.3, 0.4) is 0 Å². The fourth-order valence-electron chi connectivity index (χ4n) is 0.852. The average molecular weight is 310 g/mol. The molecule has 0 aliphatic carbocycles. The molecule has 0 heterocycles. The summed E-state index contributed by atoms with van der Waals surface area (Å²) in [5, 5.41) is -11.1. The van der Waals surface area contributed by atoms with Crippen LogP contribution in [-0.2, 0) is 10.2 Å². The lowest BCUT2D eigenvalue weighted by Gasteiger charge is -2.22. The van der Waals surface area contributed by atoms with E-state index in [1.807, 2.05) is 0 Å². The highest BCUT2D eigenvalue weighted by molar-refractivity contribution is 8.01. The van der Waals surface area contributed by atoms with Crippen LogP contribution in [0, 0.1) is 5.82 Å². The van der Waals surface area contributed by atoms with Crippen molar-refractivity contribution in [3.8, 4) is 0 Å². The van der Waals surface area contributed by atoms with Gasteiger partial charge in [-0.05, 0) is 36.0 Å². The van der Waals surface area contributed by atoms with Gasteiger partial charge in [0, 0.05) is 4.90 Å². The third-order valence-corrected chi connectivity index (χ3v) is 3.72. The van der Waals surface area contributed by atoms with Gasteiger partial charge in [-0.1, -0.05) is 3.89 Å². The van der Waals surface area contributed by atoms with Crippen LogP contribution in [0.25, 0.3) is 0 Å². The van der Waals surface area contributed by atoms with E-state index in [-0.39, 0.29) is 0 Å². The summed E-state index contributed by atoms with van der Waals surface area (Å²) in [6.07, 6.45) is 0. The summed E-state index contributed by atoms with van der Waals surface area (Å²) in [7, 11) is -6.77. The molecule has 0 aliphatic heterocycles. The maximum atomic E-state index is 13.0. The SMILES string of the molecule is O=S(=O)(F)C(F)(F)C(F)(F)Sc1ccc(F)cc1. The summed E-state index contributed by atoms with van der Waals surface area (Å²) in [6, 6.07) is 2.88. The van der Waals surface area contributed by atoms with Gasteiger partial charge in [0.2, 0.25) is 0 Å². The van der Waals surface area contributed by atoms with Crippen LogP contribution in [0.2, 0.25) is 0 Å². The molecular formula is C8H4F6O2S2. The Morgan fingerprint density at radius 3 is 1.83 bits per heavy atom. The minimum atomic E-state index is -6.77. The predicted octanol–water partition coefficient (Wildman–Crippen LogP) is 3.40. The zero-order chi connectivity index (χ0) is 14.2. The summed E-state index contributed by atoms with van der Waals surface area (Å²) in [5.74, 6) is -0.799. The molecule has 2 nitrogen and oxygen atoms in total. The van der Waals surface area contributed by atoms with Crippen molar-refractivity contribution in [3.05, 3.63) is 30.1 Å².